The van der Waals surface area contributed by atoms with Crippen molar-refractivity contribution in [3.63, 3.8) is 0 Å². The van der Waals surface area contributed by atoms with Crippen molar-refractivity contribution in [1.29, 1.82) is 0 Å². The van der Waals surface area contributed by atoms with Gasteiger partial charge in [-0.3, -0.25) is 9.59 Å². The number of benzene rings is 2. The molecule has 0 spiro atoms. The molecule has 0 fully saturated rings. The summed E-state index contributed by atoms with van der Waals surface area (Å²) in [5.74, 6) is -5.11. The van der Waals surface area contributed by atoms with E-state index in [-0.39, 0.29) is 29.1 Å². The monoisotopic (exact) mass is 408 g/mol. The number of aliphatic carboxylic acids is 1. The summed E-state index contributed by atoms with van der Waals surface area (Å²) in [6.45, 7) is 1.70. The van der Waals surface area contributed by atoms with Gasteiger partial charge in [0.15, 0.2) is 11.6 Å². The van der Waals surface area contributed by atoms with Gasteiger partial charge in [-0.05, 0) is 24.6 Å². The molecule has 1 N–H and O–H groups in total. The first-order valence-corrected chi connectivity index (χ1v) is 9.09. The van der Waals surface area contributed by atoms with Crippen LogP contribution in [0.25, 0.3) is 10.2 Å². The van der Waals surface area contributed by atoms with E-state index in [4.69, 9.17) is 5.11 Å². The smallest absolute Gasteiger partial charge is 0.303 e. The second-order valence-electron chi connectivity index (χ2n) is 6.15. The van der Waals surface area contributed by atoms with E-state index in [0.29, 0.717) is 11.8 Å². The molecule has 1 heterocycles. The predicted molar refractivity (Wildman–Crippen MR) is 98.7 cm³/mol. The molecule has 28 heavy (non-hydrogen) atoms. The van der Waals surface area contributed by atoms with Crippen LogP contribution in [0, 0.1) is 24.4 Å². The lowest BCUT2D eigenvalue weighted by atomic mass is 10.2. The van der Waals surface area contributed by atoms with Gasteiger partial charge in [0.2, 0.25) is 5.91 Å². The number of carbonyl (C=O) groups excluding carboxylic acids is 1. The number of aryl methyl sites for hydroxylation is 1. The van der Waals surface area contributed by atoms with Gasteiger partial charge in [0.05, 0.1) is 17.7 Å². The Bertz CT molecular complexity index is 1070. The number of aromatic nitrogens is 1. The fraction of sp³-hybridized carbons (Fsp3) is 0.211. The van der Waals surface area contributed by atoms with Gasteiger partial charge in [-0.2, -0.15) is 0 Å². The van der Waals surface area contributed by atoms with Crippen molar-refractivity contribution in [2.75, 3.05) is 4.90 Å². The molecular weight excluding hydrogens is 393 g/mol. The molecule has 2 aromatic carbocycles. The van der Waals surface area contributed by atoms with Gasteiger partial charge < -0.3 is 10.0 Å². The van der Waals surface area contributed by atoms with Gasteiger partial charge in [0.25, 0.3) is 0 Å². The Morgan fingerprint density at radius 3 is 2.57 bits per heavy atom. The number of carboxylic acid groups (broad SMARTS) is 1. The molecule has 3 aromatic rings. The van der Waals surface area contributed by atoms with Crippen LogP contribution < -0.4 is 4.90 Å². The van der Waals surface area contributed by atoms with Crippen LogP contribution >= 0.6 is 11.3 Å². The molecule has 0 atom stereocenters. The van der Waals surface area contributed by atoms with Crippen LogP contribution in [0.1, 0.15) is 23.4 Å². The van der Waals surface area contributed by atoms with Crippen molar-refractivity contribution < 1.29 is 27.9 Å². The summed E-state index contributed by atoms with van der Waals surface area (Å²) in [4.78, 5) is 28.7. The summed E-state index contributed by atoms with van der Waals surface area (Å²) in [6.07, 6.45) is -0.596. The largest absolute Gasteiger partial charge is 0.481 e. The van der Waals surface area contributed by atoms with Crippen molar-refractivity contribution in [2.24, 2.45) is 0 Å². The number of nitrogens with zero attached hydrogens (tertiary/aromatic N) is 2. The fourth-order valence-corrected chi connectivity index (χ4v) is 3.65. The molecule has 3 rings (SSSR count). The Morgan fingerprint density at radius 1 is 1.14 bits per heavy atom. The van der Waals surface area contributed by atoms with Crippen molar-refractivity contribution in [3.05, 3.63) is 58.4 Å². The van der Waals surface area contributed by atoms with Crippen LogP contribution in [-0.2, 0) is 16.1 Å². The van der Waals surface area contributed by atoms with Gasteiger partial charge in [-0.1, -0.05) is 12.1 Å². The minimum atomic E-state index is -1.34. The molecule has 0 aliphatic rings. The maximum Gasteiger partial charge on any atom is 0.303 e. The highest BCUT2D eigenvalue weighted by molar-refractivity contribution is 7.18. The standard InChI is InChI=1S/C19H15F3N2O3S/c1-10-3-2-4-11(7-10)24(15(25)5-6-16(26)27)9-14-23-18-17(22)12(20)8-13(21)19(18)28-14/h2-4,7-8H,5-6,9H2,1H3,(H,26,27). The lowest BCUT2D eigenvalue weighted by Gasteiger charge is -2.22. The topological polar surface area (TPSA) is 70.5 Å². The zero-order valence-corrected chi connectivity index (χ0v) is 15.5. The number of rotatable bonds is 6. The molecule has 146 valence electrons. The summed E-state index contributed by atoms with van der Waals surface area (Å²) in [6, 6.07) is 7.41. The number of halogens is 3. The molecule has 5 nitrogen and oxygen atoms in total. The molecule has 1 aromatic heterocycles. The van der Waals surface area contributed by atoms with Crippen LogP contribution in [0.4, 0.5) is 18.9 Å². The van der Waals surface area contributed by atoms with Crippen molar-refractivity contribution >= 4 is 39.1 Å². The van der Waals surface area contributed by atoms with Crippen molar-refractivity contribution in [1.82, 2.24) is 4.98 Å². The number of hydrogen-bond acceptors (Lipinski definition) is 4. The number of amides is 1. The van der Waals surface area contributed by atoms with Gasteiger partial charge in [0.1, 0.15) is 16.3 Å². The number of carbonyl (C=O) groups is 2. The molecule has 0 saturated heterocycles. The Morgan fingerprint density at radius 2 is 1.89 bits per heavy atom. The second kappa shape index (κ2) is 7.97. The number of carboxylic acids is 1. The maximum absolute atomic E-state index is 13.9. The average molecular weight is 408 g/mol. The van der Waals surface area contributed by atoms with E-state index in [9.17, 15) is 22.8 Å². The zero-order chi connectivity index (χ0) is 20.4. The molecule has 9 heteroatoms. The summed E-state index contributed by atoms with van der Waals surface area (Å²) in [5.41, 5.74) is 0.943. The summed E-state index contributed by atoms with van der Waals surface area (Å²) in [5, 5.41) is 9.03. The average Bonchev–Trinajstić information content (AvgIpc) is 3.07. The maximum atomic E-state index is 13.9. The SMILES string of the molecule is Cc1cccc(N(Cc2nc3c(F)c(F)cc(F)c3s2)C(=O)CCC(=O)O)c1. The summed E-state index contributed by atoms with van der Waals surface area (Å²) < 4.78 is 41.2. The number of hydrogen-bond donors (Lipinski definition) is 1. The molecule has 0 unspecified atom stereocenters. The second-order valence-corrected chi connectivity index (χ2v) is 7.24. The Labute approximate surface area is 162 Å². The van der Waals surface area contributed by atoms with E-state index < -0.39 is 34.8 Å². The third-order valence-corrected chi connectivity index (χ3v) is 5.07. The molecule has 0 bridgehead atoms. The number of thiazole rings is 1. The number of fused-ring (bicyclic) bond motifs is 1. The lowest BCUT2D eigenvalue weighted by molar-refractivity contribution is -0.138. The highest BCUT2D eigenvalue weighted by Gasteiger charge is 2.22. The Kier molecular flexibility index (Phi) is 5.64. The van der Waals surface area contributed by atoms with Gasteiger partial charge in [-0.25, -0.2) is 18.2 Å². The van der Waals surface area contributed by atoms with Crippen LogP contribution in [0.3, 0.4) is 0 Å². The summed E-state index contributed by atoms with van der Waals surface area (Å²) in [7, 11) is 0. The van der Waals surface area contributed by atoms with Crippen LogP contribution in [0.5, 0.6) is 0 Å². The van der Waals surface area contributed by atoms with Gasteiger partial charge in [-0.15, -0.1) is 11.3 Å². The van der Waals surface area contributed by atoms with E-state index in [1.54, 1.807) is 18.2 Å². The van der Waals surface area contributed by atoms with E-state index in [0.717, 1.165) is 16.9 Å². The first-order valence-electron chi connectivity index (χ1n) is 8.28. The molecule has 0 saturated carbocycles. The summed E-state index contributed by atoms with van der Waals surface area (Å²) >= 11 is 0.813. The normalized spacial score (nSPS) is 11.0. The third kappa shape index (κ3) is 4.14. The zero-order valence-electron chi connectivity index (χ0n) is 14.7. The predicted octanol–water partition coefficient (Wildman–Crippen LogP) is 4.42. The van der Waals surface area contributed by atoms with Gasteiger partial charge >= 0.3 is 5.97 Å². The van der Waals surface area contributed by atoms with Crippen molar-refractivity contribution in [2.45, 2.75) is 26.3 Å². The van der Waals surface area contributed by atoms with E-state index in [1.807, 2.05) is 13.0 Å². The van der Waals surface area contributed by atoms with E-state index in [1.165, 1.54) is 4.90 Å². The first-order chi connectivity index (χ1) is 13.3. The van der Waals surface area contributed by atoms with Gasteiger partial charge in [0, 0.05) is 18.2 Å². The number of anilines is 1. The molecular formula is C19H15F3N2O3S. The van der Waals surface area contributed by atoms with E-state index in [2.05, 4.69) is 4.98 Å². The fourth-order valence-electron chi connectivity index (χ4n) is 2.70. The lowest BCUT2D eigenvalue weighted by Crippen LogP contribution is -2.30. The first kappa shape index (κ1) is 19.8. The minimum Gasteiger partial charge on any atom is -0.481 e. The van der Waals surface area contributed by atoms with Crippen LogP contribution in [-0.4, -0.2) is 22.0 Å². The minimum absolute atomic E-state index is 0.123. The van der Waals surface area contributed by atoms with Crippen molar-refractivity contribution in [3.8, 4) is 0 Å². The van der Waals surface area contributed by atoms with Crippen LogP contribution in [0.2, 0.25) is 0 Å². The molecule has 0 aliphatic carbocycles. The molecule has 1 amide bonds. The van der Waals surface area contributed by atoms with Crippen LogP contribution in [0.15, 0.2) is 30.3 Å². The highest BCUT2D eigenvalue weighted by atomic mass is 32.1. The third-order valence-electron chi connectivity index (χ3n) is 4.02. The van der Waals surface area contributed by atoms with E-state index >= 15 is 0 Å². The highest BCUT2D eigenvalue weighted by Crippen LogP contribution is 2.30. The Hall–Kier alpha value is -2.94. The molecule has 0 aliphatic heterocycles. The molecule has 0 radical (unpaired) electrons. The Balaban J connectivity index is 1.98. The quantitative estimate of drug-likeness (QED) is 0.613.